The molecular formula is C10H17. The van der Waals surface area contributed by atoms with E-state index in [0.717, 1.165) is 5.92 Å². The largest absolute Gasteiger partial charge is 0.0846 e. The van der Waals surface area contributed by atoms with Crippen molar-refractivity contribution >= 4 is 0 Å². The van der Waals surface area contributed by atoms with Gasteiger partial charge in [-0.1, -0.05) is 32.9 Å². The predicted octanol–water partition coefficient (Wildman–Crippen LogP) is 3.20. The van der Waals surface area contributed by atoms with E-state index in [1.807, 2.05) is 0 Å². The summed E-state index contributed by atoms with van der Waals surface area (Å²) in [5, 5.41) is 0. The highest BCUT2D eigenvalue weighted by atomic mass is 14.3. The van der Waals surface area contributed by atoms with E-state index in [0.29, 0.717) is 5.41 Å². The van der Waals surface area contributed by atoms with Gasteiger partial charge in [0.1, 0.15) is 0 Å². The van der Waals surface area contributed by atoms with Crippen LogP contribution in [0.1, 0.15) is 33.6 Å². The van der Waals surface area contributed by atoms with Crippen LogP contribution < -0.4 is 0 Å². The van der Waals surface area contributed by atoms with E-state index in [-0.39, 0.29) is 0 Å². The molecule has 1 radical (unpaired) electrons. The third kappa shape index (κ3) is 1.86. The molecule has 0 amide bonds. The minimum atomic E-state index is 0.463. The zero-order chi connectivity index (χ0) is 7.61. The molecule has 1 unspecified atom stereocenters. The van der Waals surface area contributed by atoms with E-state index < -0.39 is 0 Å². The first-order chi connectivity index (χ1) is 4.61. The second-order valence-electron chi connectivity index (χ2n) is 4.17. The minimum Gasteiger partial charge on any atom is -0.0846 e. The van der Waals surface area contributed by atoms with Gasteiger partial charge < -0.3 is 0 Å². The number of allylic oxidation sites excluding steroid dienone is 2. The fourth-order valence-electron chi connectivity index (χ4n) is 1.40. The Morgan fingerprint density at radius 1 is 1.30 bits per heavy atom. The van der Waals surface area contributed by atoms with Crippen molar-refractivity contribution in [2.75, 3.05) is 0 Å². The normalized spacial score (nSPS) is 26.9. The van der Waals surface area contributed by atoms with Crippen LogP contribution in [-0.2, 0) is 0 Å². The molecule has 0 aromatic heterocycles. The lowest BCUT2D eigenvalue weighted by molar-refractivity contribution is 0.274. The Hall–Kier alpha value is -0.260. The van der Waals surface area contributed by atoms with Crippen LogP contribution >= 0.6 is 0 Å². The SMILES string of the molecule is CC(C)(C)C1C=C[CH]CC1. The van der Waals surface area contributed by atoms with E-state index in [1.54, 1.807) is 0 Å². The van der Waals surface area contributed by atoms with Gasteiger partial charge in [-0.25, -0.2) is 0 Å². The summed E-state index contributed by atoms with van der Waals surface area (Å²) in [6, 6.07) is 0. The average Bonchev–Trinajstić information content (AvgIpc) is 1.88. The van der Waals surface area contributed by atoms with Gasteiger partial charge in [0.15, 0.2) is 0 Å². The minimum absolute atomic E-state index is 0.463. The van der Waals surface area contributed by atoms with Crippen molar-refractivity contribution < 1.29 is 0 Å². The van der Waals surface area contributed by atoms with Crippen LogP contribution in [0.4, 0.5) is 0 Å². The summed E-state index contributed by atoms with van der Waals surface area (Å²) < 4.78 is 0. The van der Waals surface area contributed by atoms with Crippen molar-refractivity contribution in [2.45, 2.75) is 33.6 Å². The Bertz CT molecular complexity index is 125. The van der Waals surface area contributed by atoms with Crippen molar-refractivity contribution in [1.82, 2.24) is 0 Å². The molecule has 1 aliphatic carbocycles. The van der Waals surface area contributed by atoms with Crippen molar-refractivity contribution in [3.8, 4) is 0 Å². The summed E-state index contributed by atoms with van der Waals surface area (Å²) in [4.78, 5) is 0. The molecule has 1 aliphatic rings. The second kappa shape index (κ2) is 2.77. The van der Waals surface area contributed by atoms with Crippen LogP contribution in [0.25, 0.3) is 0 Å². The molecule has 0 aromatic rings. The molecule has 10 heavy (non-hydrogen) atoms. The topological polar surface area (TPSA) is 0 Å². The summed E-state index contributed by atoms with van der Waals surface area (Å²) in [6.07, 6.45) is 9.39. The summed E-state index contributed by atoms with van der Waals surface area (Å²) >= 11 is 0. The maximum Gasteiger partial charge on any atom is -0.0170 e. The molecule has 0 spiro atoms. The Kier molecular flexibility index (Phi) is 2.18. The summed E-state index contributed by atoms with van der Waals surface area (Å²) in [5.41, 5.74) is 0.463. The molecular weight excluding hydrogens is 120 g/mol. The third-order valence-corrected chi connectivity index (χ3v) is 2.24. The molecule has 0 heteroatoms. The number of hydrogen-bond donors (Lipinski definition) is 0. The predicted molar refractivity (Wildman–Crippen MR) is 45.6 cm³/mol. The van der Waals surface area contributed by atoms with Crippen molar-refractivity contribution in [3.05, 3.63) is 18.6 Å². The summed E-state index contributed by atoms with van der Waals surface area (Å²) in [6.45, 7) is 6.94. The average molecular weight is 137 g/mol. The van der Waals surface area contributed by atoms with E-state index in [2.05, 4.69) is 39.3 Å². The molecule has 0 saturated carbocycles. The van der Waals surface area contributed by atoms with Gasteiger partial charge in [-0.3, -0.25) is 0 Å². The van der Waals surface area contributed by atoms with Gasteiger partial charge in [0.05, 0.1) is 0 Å². The van der Waals surface area contributed by atoms with Crippen LogP contribution in [-0.4, -0.2) is 0 Å². The molecule has 57 valence electrons. The number of hydrogen-bond acceptors (Lipinski definition) is 0. The van der Waals surface area contributed by atoms with Gasteiger partial charge in [0.2, 0.25) is 0 Å². The van der Waals surface area contributed by atoms with Gasteiger partial charge in [-0.05, 0) is 30.6 Å². The van der Waals surface area contributed by atoms with Gasteiger partial charge in [-0.2, -0.15) is 0 Å². The van der Waals surface area contributed by atoms with Gasteiger partial charge in [0.25, 0.3) is 0 Å². The fourth-order valence-corrected chi connectivity index (χ4v) is 1.40. The molecule has 0 bridgehead atoms. The molecule has 1 atom stereocenters. The maximum atomic E-state index is 2.34. The molecule has 0 fully saturated rings. The second-order valence-corrected chi connectivity index (χ2v) is 4.17. The van der Waals surface area contributed by atoms with Crippen molar-refractivity contribution in [3.63, 3.8) is 0 Å². The van der Waals surface area contributed by atoms with Crippen LogP contribution in [0.5, 0.6) is 0 Å². The number of rotatable bonds is 0. The highest BCUT2D eigenvalue weighted by Gasteiger charge is 2.22. The Morgan fingerprint density at radius 2 is 2.00 bits per heavy atom. The molecule has 0 N–H and O–H groups in total. The lowest BCUT2D eigenvalue weighted by Gasteiger charge is -2.29. The zero-order valence-electron chi connectivity index (χ0n) is 7.22. The Morgan fingerprint density at radius 3 is 2.30 bits per heavy atom. The first kappa shape index (κ1) is 7.84. The van der Waals surface area contributed by atoms with Gasteiger partial charge in [-0.15, -0.1) is 0 Å². The van der Waals surface area contributed by atoms with E-state index >= 15 is 0 Å². The molecule has 1 rings (SSSR count). The Labute approximate surface area is 64.3 Å². The van der Waals surface area contributed by atoms with Crippen LogP contribution in [0.15, 0.2) is 12.2 Å². The fraction of sp³-hybridized carbons (Fsp3) is 0.700. The van der Waals surface area contributed by atoms with Crippen molar-refractivity contribution in [2.24, 2.45) is 11.3 Å². The van der Waals surface area contributed by atoms with E-state index in [9.17, 15) is 0 Å². The molecule has 0 aliphatic heterocycles. The first-order valence-electron chi connectivity index (χ1n) is 4.11. The third-order valence-electron chi connectivity index (χ3n) is 2.24. The first-order valence-corrected chi connectivity index (χ1v) is 4.11. The zero-order valence-corrected chi connectivity index (χ0v) is 7.22. The molecule has 0 nitrogen and oxygen atoms in total. The van der Waals surface area contributed by atoms with E-state index in [4.69, 9.17) is 0 Å². The molecule has 0 saturated heterocycles. The highest BCUT2D eigenvalue weighted by Crippen LogP contribution is 2.33. The monoisotopic (exact) mass is 137 g/mol. The van der Waals surface area contributed by atoms with Crippen LogP contribution in [0.2, 0.25) is 0 Å². The lowest BCUT2D eigenvalue weighted by Crippen LogP contribution is -2.19. The lowest BCUT2D eigenvalue weighted by atomic mass is 9.76. The van der Waals surface area contributed by atoms with Gasteiger partial charge in [0, 0.05) is 0 Å². The highest BCUT2D eigenvalue weighted by molar-refractivity contribution is 5.05. The molecule has 0 aromatic carbocycles. The summed E-state index contributed by atoms with van der Waals surface area (Å²) in [7, 11) is 0. The van der Waals surface area contributed by atoms with Gasteiger partial charge >= 0.3 is 0 Å². The molecule has 0 heterocycles. The smallest absolute Gasteiger partial charge is 0.0170 e. The Balaban J connectivity index is 2.55. The standard InChI is InChI=1S/C10H17/c1-10(2,3)9-7-5-4-6-8-9/h4-5,7,9H,6,8H2,1-3H3. The summed E-state index contributed by atoms with van der Waals surface area (Å²) in [5.74, 6) is 0.789. The van der Waals surface area contributed by atoms with Crippen LogP contribution in [0.3, 0.4) is 0 Å². The van der Waals surface area contributed by atoms with E-state index in [1.165, 1.54) is 12.8 Å². The van der Waals surface area contributed by atoms with Crippen LogP contribution in [0, 0.1) is 17.8 Å². The van der Waals surface area contributed by atoms with Crippen molar-refractivity contribution in [1.29, 1.82) is 0 Å². The quantitative estimate of drug-likeness (QED) is 0.481. The maximum absolute atomic E-state index is 2.34.